The molecule has 0 aliphatic carbocycles. The zero-order valence-electron chi connectivity index (χ0n) is 14.1. The molecule has 0 radical (unpaired) electrons. The fourth-order valence-electron chi connectivity index (χ4n) is 3.11. The number of amides is 1. The number of carbonyl (C=O) groups is 1. The van der Waals surface area contributed by atoms with Crippen LogP contribution in [0.1, 0.15) is 49.4 Å². The third kappa shape index (κ3) is 5.44. The summed E-state index contributed by atoms with van der Waals surface area (Å²) < 4.78 is 29.3. The molecule has 0 aromatic heterocycles. The molecule has 0 bridgehead atoms. The molecule has 1 aromatic carbocycles. The Hall–Kier alpha value is -1.69. The molecule has 1 unspecified atom stereocenters. The van der Waals surface area contributed by atoms with E-state index in [0.29, 0.717) is 12.6 Å². The zero-order valence-corrected chi connectivity index (χ0v) is 14.1. The molecule has 1 amide bonds. The minimum atomic E-state index is -2.94. The maximum absolute atomic E-state index is 12.4. The van der Waals surface area contributed by atoms with Crippen molar-refractivity contribution in [2.24, 2.45) is 0 Å². The summed E-state index contributed by atoms with van der Waals surface area (Å²) in [6.07, 6.45) is 5.70. The Balaban J connectivity index is 1.94. The summed E-state index contributed by atoms with van der Waals surface area (Å²) in [5.74, 6) is -0.455. The number of nitrogens with one attached hydrogen (secondary N) is 1. The second-order valence-electron chi connectivity index (χ2n) is 6.12. The maximum atomic E-state index is 12.4. The molecular weight excluding hydrogens is 314 g/mol. The lowest BCUT2D eigenvalue weighted by Gasteiger charge is -2.35. The highest BCUT2D eigenvalue weighted by molar-refractivity contribution is 5.96. The molecule has 2 rings (SSSR count). The fourth-order valence-corrected chi connectivity index (χ4v) is 3.11. The summed E-state index contributed by atoms with van der Waals surface area (Å²) in [5, 5.41) is 2.88. The Bertz CT molecular complexity index is 525. The maximum Gasteiger partial charge on any atom is 0.387 e. The molecule has 0 saturated carbocycles. The van der Waals surface area contributed by atoms with Gasteiger partial charge < -0.3 is 10.1 Å². The highest BCUT2D eigenvalue weighted by atomic mass is 19.3. The number of carbonyl (C=O) groups excluding carboxylic acids is 1. The highest BCUT2D eigenvalue weighted by Crippen LogP contribution is 2.21. The standard InChI is InChI=1S/C18H26F2N2O2/c1-2-3-11-22-12-7-6-8-14(22)13-21-17(23)15-9-4-5-10-16(15)24-18(19)20/h4-5,9-10,14,18H,2-3,6-8,11-13H2,1H3,(H,21,23). The second-order valence-corrected chi connectivity index (χ2v) is 6.12. The van der Waals surface area contributed by atoms with Gasteiger partial charge in [-0.1, -0.05) is 31.9 Å². The molecule has 134 valence electrons. The van der Waals surface area contributed by atoms with E-state index in [9.17, 15) is 13.6 Å². The lowest BCUT2D eigenvalue weighted by Crippen LogP contribution is -2.47. The van der Waals surface area contributed by atoms with Crippen molar-refractivity contribution < 1.29 is 18.3 Å². The average Bonchev–Trinajstić information content (AvgIpc) is 2.58. The Labute approximate surface area is 142 Å². The van der Waals surface area contributed by atoms with Gasteiger partial charge in [0.1, 0.15) is 5.75 Å². The number of alkyl halides is 2. The van der Waals surface area contributed by atoms with Crippen molar-refractivity contribution >= 4 is 5.91 Å². The number of nitrogens with zero attached hydrogens (tertiary/aromatic N) is 1. The predicted molar refractivity (Wildman–Crippen MR) is 89.5 cm³/mol. The number of unbranched alkanes of at least 4 members (excludes halogenated alkanes) is 1. The van der Waals surface area contributed by atoms with Crippen molar-refractivity contribution in [3.05, 3.63) is 29.8 Å². The Morgan fingerprint density at radius 2 is 2.17 bits per heavy atom. The first-order chi connectivity index (χ1) is 11.6. The quantitative estimate of drug-likeness (QED) is 0.785. The summed E-state index contributed by atoms with van der Waals surface area (Å²) in [5.41, 5.74) is 0.147. The highest BCUT2D eigenvalue weighted by Gasteiger charge is 2.23. The van der Waals surface area contributed by atoms with Crippen LogP contribution in [0.3, 0.4) is 0 Å². The summed E-state index contributed by atoms with van der Waals surface area (Å²) in [4.78, 5) is 14.8. The van der Waals surface area contributed by atoms with E-state index in [-0.39, 0.29) is 17.2 Å². The molecular formula is C18H26F2N2O2. The van der Waals surface area contributed by atoms with Crippen LogP contribution in [0.4, 0.5) is 8.78 Å². The van der Waals surface area contributed by atoms with Crippen LogP contribution < -0.4 is 10.1 Å². The zero-order chi connectivity index (χ0) is 17.4. The average molecular weight is 340 g/mol. The molecule has 4 nitrogen and oxygen atoms in total. The number of hydrogen-bond donors (Lipinski definition) is 1. The van der Waals surface area contributed by atoms with Crippen LogP contribution in [0.2, 0.25) is 0 Å². The first-order valence-electron chi connectivity index (χ1n) is 8.68. The Morgan fingerprint density at radius 3 is 2.92 bits per heavy atom. The first kappa shape index (κ1) is 18.6. The molecule has 1 aromatic rings. The molecule has 24 heavy (non-hydrogen) atoms. The summed E-state index contributed by atoms with van der Waals surface area (Å²) in [6.45, 7) is 1.86. The van der Waals surface area contributed by atoms with Crippen molar-refractivity contribution in [3.63, 3.8) is 0 Å². The van der Waals surface area contributed by atoms with E-state index in [2.05, 4.69) is 21.9 Å². The van der Waals surface area contributed by atoms with E-state index < -0.39 is 6.61 Å². The van der Waals surface area contributed by atoms with Gasteiger partial charge in [0.2, 0.25) is 0 Å². The normalized spacial score (nSPS) is 18.6. The molecule has 1 heterocycles. The van der Waals surface area contributed by atoms with Gasteiger partial charge in [-0.05, 0) is 44.5 Å². The minimum absolute atomic E-state index is 0.0866. The summed E-state index contributed by atoms with van der Waals surface area (Å²) >= 11 is 0. The monoisotopic (exact) mass is 340 g/mol. The smallest absolute Gasteiger partial charge is 0.387 e. The van der Waals surface area contributed by atoms with Crippen molar-refractivity contribution in [2.45, 2.75) is 51.7 Å². The van der Waals surface area contributed by atoms with Crippen LogP contribution in [0.5, 0.6) is 5.75 Å². The second kappa shape index (κ2) is 9.57. The number of benzene rings is 1. The van der Waals surface area contributed by atoms with E-state index in [4.69, 9.17) is 0 Å². The van der Waals surface area contributed by atoms with Crippen molar-refractivity contribution in [3.8, 4) is 5.75 Å². The predicted octanol–water partition coefficient (Wildman–Crippen LogP) is 3.67. The molecule has 1 aliphatic rings. The number of piperidine rings is 1. The van der Waals surface area contributed by atoms with E-state index in [1.54, 1.807) is 12.1 Å². The van der Waals surface area contributed by atoms with Gasteiger partial charge in [-0.2, -0.15) is 8.78 Å². The Kier molecular flexibility index (Phi) is 7.43. The van der Waals surface area contributed by atoms with Gasteiger partial charge in [-0.3, -0.25) is 9.69 Å². The molecule has 1 fully saturated rings. The van der Waals surface area contributed by atoms with Crippen LogP contribution in [0.25, 0.3) is 0 Å². The van der Waals surface area contributed by atoms with Crippen LogP contribution in [0.15, 0.2) is 24.3 Å². The first-order valence-corrected chi connectivity index (χ1v) is 8.68. The number of rotatable bonds is 8. The lowest BCUT2D eigenvalue weighted by molar-refractivity contribution is -0.0501. The van der Waals surface area contributed by atoms with Gasteiger partial charge in [0.05, 0.1) is 5.56 Å². The van der Waals surface area contributed by atoms with Gasteiger partial charge >= 0.3 is 6.61 Å². The third-order valence-electron chi connectivity index (χ3n) is 4.39. The SMILES string of the molecule is CCCCN1CCCCC1CNC(=O)c1ccccc1OC(F)F. The van der Waals surface area contributed by atoms with Crippen molar-refractivity contribution in [1.82, 2.24) is 10.2 Å². The molecule has 0 spiro atoms. The number of hydrogen-bond acceptors (Lipinski definition) is 3. The Morgan fingerprint density at radius 1 is 1.38 bits per heavy atom. The van der Waals surface area contributed by atoms with Gasteiger partial charge in [-0.15, -0.1) is 0 Å². The van der Waals surface area contributed by atoms with Crippen molar-refractivity contribution in [1.29, 1.82) is 0 Å². The largest absolute Gasteiger partial charge is 0.434 e. The third-order valence-corrected chi connectivity index (χ3v) is 4.39. The van der Waals surface area contributed by atoms with E-state index in [1.165, 1.54) is 18.6 Å². The lowest BCUT2D eigenvalue weighted by atomic mass is 10.0. The summed E-state index contributed by atoms with van der Waals surface area (Å²) in [7, 11) is 0. The number of ether oxygens (including phenoxy) is 1. The molecule has 1 atom stereocenters. The van der Waals surface area contributed by atoms with Crippen LogP contribution in [0, 0.1) is 0 Å². The van der Waals surface area contributed by atoms with Crippen molar-refractivity contribution in [2.75, 3.05) is 19.6 Å². The van der Waals surface area contributed by atoms with E-state index >= 15 is 0 Å². The molecule has 1 saturated heterocycles. The number of halogens is 2. The van der Waals surface area contributed by atoms with Gasteiger partial charge in [0.25, 0.3) is 5.91 Å². The number of likely N-dealkylation sites (tertiary alicyclic amines) is 1. The van der Waals surface area contributed by atoms with E-state index in [1.807, 2.05) is 0 Å². The van der Waals surface area contributed by atoms with Crippen LogP contribution in [-0.4, -0.2) is 43.1 Å². The molecule has 1 aliphatic heterocycles. The van der Waals surface area contributed by atoms with Gasteiger partial charge in [0, 0.05) is 12.6 Å². The molecule has 6 heteroatoms. The van der Waals surface area contributed by atoms with Gasteiger partial charge in [0.15, 0.2) is 0 Å². The van der Waals surface area contributed by atoms with E-state index in [0.717, 1.165) is 38.8 Å². The number of para-hydroxylation sites is 1. The fraction of sp³-hybridized carbons (Fsp3) is 0.611. The topological polar surface area (TPSA) is 41.6 Å². The van der Waals surface area contributed by atoms with Crippen LogP contribution >= 0.6 is 0 Å². The summed E-state index contributed by atoms with van der Waals surface area (Å²) in [6, 6.07) is 6.42. The van der Waals surface area contributed by atoms with Crippen LogP contribution in [-0.2, 0) is 0 Å². The minimum Gasteiger partial charge on any atom is -0.434 e. The molecule has 1 N–H and O–H groups in total. The van der Waals surface area contributed by atoms with Gasteiger partial charge in [-0.25, -0.2) is 0 Å².